The van der Waals surface area contributed by atoms with E-state index in [4.69, 9.17) is 10.5 Å². The molecule has 1 aliphatic rings. The SMILES string of the molecule is CNc1nc(Nc2ccc(OC)c(F)c2)ncc1C#C[C@H]1C[C@@H](N)C1. The van der Waals surface area contributed by atoms with Crippen LogP contribution in [0.25, 0.3) is 0 Å². The number of benzene rings is 1. The summed E-state index contributed by atoms with van der Waals surface area (Å²) in [5.74, 6) is 7.34. The van der Waals surface area contributed by atoms with E-state index in [1.54, 1.807) is 25.4 Å². The van der Waals surface area contributed by atoms with Crippen molar-refractivity contribution in [1.29, 1.82) is 0 Å². The Morgan fingerprint density at radius 3 is 2.80 bits per heavy atom. The fourth-order valence-electron chi connectivity index (χ4n) is 2.56. The van der Waals surface area contributed by atoms with Crippen molar-refractivity contribution in [1.82, 2.24) is 9.97 Å². The number of methoxy groups -OCH3 is 1. The van der Waals surface area contributed by atoms with Crippen molar-refractivity contribution in [2.75, 3.05) is 24.8 Å². The Morgan fingerprint density at radius 1 is 1.36 bits per heavy atom. The number of nitrogens with two attached hydrogens (primary N) is 1. The van der Waals surface area contributed by atoms with Gasteiger partial charge in [-0.05, 0) is 25.0 Å². The lowest BCUT2D eigenvalue weighted by Crippen LogP contribution is -2.35. The Bertz CT molecular complexity index is 824. The van der Waals surface area contributed by atoms with Gasteiger partial charge >= 0.3 is 0 Å². The quantitative estimate of drug-likeness (QED) is 0.741. The van der Waals surface area contributed by atoms with E-state index in [0.717, 1.165) is 18.4 Å². The third kappa shape index (κ3) is 3.98. The largest absolute Gasteiger partial charge is 0.494 e. The van der Waals surface area contributed by atoms with Crippen molar-refractivity contribution < 1.29 is 9.13 Å². The first-order valence-electron chi connectivity index (χ1n) is 8.01. The van der Waals surface area contributed by atoms with Crippen molar-refractivity contribution in [3.63, 3.8) is 0 Å². The summed E-state index contributed by atoms with van der Waals surface area (Å²) in [7, 11) is 3.19. The highest BCUT2D eigenvalue weighted by molar-refractivity contribution is 5.60. The lowest BCUT2D eigenvalue weighted by atomic mass is 9.81. The van der Waals surface area contributed by atoms with Crippen LogP contribution < -0.4 is 21.1 Å². The number of nitrogens with one attached hydrogen (secondary N) is 2. The van der Waals surface area contributed by atoms with Gasteiger partial charge in [0.1, 0.15) is 5.82 Å². The van der Waals surface area contributed by atoms with Crippen LogP contribution in [0.2, 0.25) is 0 Å². The van der Waals surface area contributed by atoms with Gasteiger partial charge in [-0.15, -0.1) is 0 Å². The van der Waals surface area contributed by atoms with Crippen molar-refractivity contribution in [2.24, 2.45) is 11.7 Å². The summed E-state index contributed by atoms with van der Waals surface area (Å²) in [5, 5.41) is 5.98. The zero-order valence-electron chi connectivity index (χ0n) is 14.1. The van der Waals surface area contributed by atoms with Gasteiger partial charge in [-0.25, -0.2) is 9.37 Å². The molecule has 0 bridgehead atoms. The minimum absolute atomic E-state index is 0.184. The molecule has 0 saturated heterocycles. The van der Waals surface area contributed by atoms with Crippen molar-refractivity contribution >= 4 is 17.5 Å². The molecule has 4 N–H and O–H groups in total. The first kappa shape index (κ1) is 17.0. The summed E-state index contributed by atoms with van der Waals surface area (Å²) in [4.78, 5) is 8.63. The standard InChI is InChI=1S/C18H20FN5O/c1-21-17-12(4-3-11-7-13(20)8-11)10-22-18(24-17)23-14-5-6-16(25-2)15(19)9-14/h5-6,9-11,13H,7-8,20H2,1-2H3,(H2,21,22,23,24)/t11-,13+. The predicted molar refractivity (Wildman–Crippen MR) is 95.4 cm³/mol. The van der Waals surface area contributed by atoms with Gasteiger partial charge in [0.2, 0.25) is 5.95 Å². The maximum Gasteiger partial charge on any atom is 0.229 e. The number of anilines is 3. The summed E-state index contributed by atoms with van der Waals surface area (Å²) in [6, 6.07) is 4.84. The molecule has 2 aromatic rings. The molecule has 0 radical (unpaired) electrons. The highest BCUT2D eigenvalue weighted by Crippen LogP contribution is 2.25. The number of hydrogen-bond donors (Lipinski definition) is 3. The van der Waals surface area contributed by atoms with Crippen LogP contribution in [0, 0.1) is 23.6 Å². The molecule has 1 aliphatic carbocycles. The zero-order chi connectivity index (χ0) is 17.8. The van der Waals surface area contributed by atoms with E-state index in [0.29, 0.717) is 23.4 Å². The first-order valence-corrected chi connectivity index (χ1v) is 8.01. The highest BCUT2D eigenvalue weighted by atomic mass is 19.1. The average Bonchev–Trinajstić information content (AvgIpc) is 2.58. The van der Waals surface area contributed by atoms with Crippen LogP contribution in [0.15, 0.2) is 24.4 Å². The molecule has 1 aromatic heterocycles. The van der Waals surface area contributed by atoms with Crippen LogP contribution in [0.5, 0.6) is 5.75 Å². The summed E-state index contributed by atoms with van der Waals surface area (Å²) in [6.07, 6.45) is 3.52. The van der Waals surface area contributed by atoms with E-state index in [1.807, 2.05) is 0 Å². The zero-order valence-corrected chi connectivity index (χ0v) is 14.1. The molecule has 1 aromatic carbocycles. The van der Waals surface area contributed by atoms with Crippen LogP contribution in [0.4, 0.5) is 21.8 Å². The second-order valence-corrected chi connectivity index (χ2v) is 5.88. The maximum absolute atomic E-state index is 13.8. The van der Waals surface area contributed by atoms with Gasteiger partial charge in [-0.3, -0.25) is 0 Å². The Labute approximate surface area is 146 Å². The third-order valence-electron chi connectivity index (χ3n) is 4.02. The van der Waals surface area contributed by atoms with Gasteiger partial charge in [0.05, 0.1) is 18.9 Å². The van der Waals surface area contributed by atoms with Gasteiger partial charge in [0, 0.05) is 30.8 Å². The molecule has 7 heteroatoms. The van der Waals surface area contributed by atoms with E-state index in [2.05, 4.69) is 32.4 Å². The molecule has 1 fully saturated rings. The normalized spacial score (nSPS) is 18.6. The Balaban J connectivity index is 1.76. The molecule has 25 heavy (non-hydrogen) atoms. The van der Waals surface area contributed by atoms with E-state index in [-0.39, 0.29) is 11.8 Å². The van der Waals surface area contributed by atoms with E-state index < -0.39 is 5.82 Å². The molecule has 130 valence electrons. The van der Waals surface area contributed by atoms with Gasteiger partial charge in [-0.1, -0.05) is 11.8 Å². The van der Waals surface area contributed by atoms with Crippen LogP contribution in [-0.4, -0.2) is 30.2 Å². The Hall–Kier alpha value is -2.85. The monoisotopic (exact) mass is 341 g/mol. The molecule has 0 aliphatic heterocycles. The second kappa shape index (κ2) is 7.36. The van der Waals surface area contributed by atoms with Crippen LogP contribution >= 0.6 is 0 Å². The molecule has 0 spiro atoms. The van der Waals surface area contributed by atoms with Crippen molar-refractivity contribution in [3.05, 3.63) is 35.8 Å². The lowest BCUT2D eigenvalue weighted by Gasteiger charge is -2.27. The Kier molecular flexibility index (Phi) is 5.00. The number of halogens is 1. The summed E-state index contributed by atoms with van der Waals surface area (Å²) in [6.45, 7) is 0. The van der Waals surface area contributed by atoms with E-state index in [1.165, 1.54) is 13.2 Å². The third-order valence-corrected chi connectivity index (χ3v) is 4.02. The van der Waals surface area contributed by atoms with Gasteiger partial charge in [-0.2, -0.15) is 4.98 Å². The predicted octanol–water partition coefficient (Wildman–Crippen LogP) is 2.50. The average molecular weight is 341 g/mol. The molecule has 3 rings (SSSR count). The van der Waals surface area contributed by atoms with Crippen molar-refractivity contribution in [2.45, 2.75) is 18.9 Å². The van der Waals surface area contributed by atoms with Crippen LogP contribution in [0.3, 0.4) is 0 Å². The fraction of sp³-hybridized carbons (Fsp3) is 0.333. The minimum Gasteiger partial charge on any atom is -0.494 e. The van der Waals surface area contributed by atoms with E-state index in [9.17, 15) is 4.39 Å². The van der Waals surface area contributed by atoms with Gasteiger partial charge in [0.25, 0.3) is 0 Å². The summed E-state index contributed by atoms with van der Waals surface area (Å²) in [5.41, 5.74) is 7.02. The molecule has 0 unspecified atom stereocenters. The topological polar surface area (TPSA) is 85.1 Å². The van der Waals surface area contributed by atoms with Crippen LogP contribution in [0.1, 0.15) is 18.4 Å². The van der Waals surface area contributed by atoms with Crippen molar-refractivity contribution in [3.8, 4) is 17.6 Å². The maximum atomic E-state index is 13.8. The number of ether oxygens (including phenoxy) is 1. The second-order valence-electron chi connectivity index (χ2n) is 5.88. The minimum atomic E-state index is -0.456. The molecule has 0 amide bonds. The summed E-state index contributed by atoms with van der Waals surface area (Å²) < 4.78 is 18.7. The molecular formula is C18H20FN5O. The molecule has 1 saturated carbocycles. The number of aromatic nitrogens is 2. The number of hydrogen-bond acceptors (Lipinski definition) is 6. The Morgan fingerprint density at radius 2 is 2.16 bits per heavy atom. The summed E-state index contributed by atoms with van der Waals surface area (Å²) >= 11 is 0. The molecule has 1 heterocycles. The highest BCUT2D eigenvalue weighted by Gasteiger charge is 2.23. The van der Waals surface area contributed by atoms with E-state index >= 15 is 0 Å². The first-order chi connectivity index (χ1) is 12.1. The van der Waals surface area contributed by atoms with Crippen LogP contribution in [-0.2, 0) is 0 Å². The smallest absolute Gasteiger partial charge is 0.229 e. The van der Waals surface area contributed by atoms with Gasteiger partial charge < -0.3 is 21.1 Å². The molecule has 6 nitrogen and oxygen atoms in total. The number of rotatable bonds is 4. The molecule has 0 atom stereocenters. The lowest BCUT2D eigenvalue weighted by molar-refractivity contribution is 0.335. The molecular weight excluding hydrogens is 321 g/mol. The fourth-order valence-corrected chi connectivity index (χ4v) is 2.56. The van der Waals surface area contributed by atoms with Gasteiger partial charge in [0.15, 0.2) is 11.6 Å². The number of nitrogens with zero attached hydrogens (tertiary/aromatic N) is 2.